The lowest BCUT2D eigenvalue weighted by Gasteiger charge is -2.61. The monoisotopic (exact) mass is 458 g/mol. The van der Waals surface area contributed by atoms with Crippen molar-refractivity contribution in [2.75, 3.05) is 13.7 Å². The normalized spacial score (nSPS) is 47.4. The van der Waals surface area contributed by atoms with E-state index in [1.807, 2.05) is 6.08 Å². The van der Waals surface area contributed by atoms with Gasteiger partial charge in [0, 0.05) is 18.3 Å². The summed E-state index contributed by atoms with van der Waals surface area (Å²) in [5, 5.41) is 12.1. The Morgan fingerprint density at radius 3 is 2.67 bits per heavy atom. The van der Waals surface area contributed by atoms with Crippen LogP contribution < -0.4 is 0 Å². The van der Waals surface area contributed by atoms with Crippen LogP contribution >= 0.6 is 0 Å². The topological polar surface area (TPSA) is 89.9 Å². The highest BCUT2D eigenvalue weighted by Gasteiger charge is 2.77. The Hall–Kier alpha value is -1.69. The summed E-state index contributed by atoms with van der Waals surface area (Å²) in [6.07, 6.45) is 7.25. The predicted octanol–water partition coefficient (Wildman–Crippen LogP) is 3.85. The summed E-state index contributed by atoms with van der Waals surface area (Å²) >= 11 is 0. The number of carbonyl (C=O) groups is 3. The van der Waals surface area contributed by atoms with Crippen molar-refractivity contribution in [2.45, 2.75) is 77.7 Å². The molecule has 6 nitrogen and oxygen atoms in total. The van der Waals surface area contributed by atoms with Crippen LogP contribution in [0.5, 0.6) is 0 Å². The fourth-order valence-corrected chi connectivity index (χ4v) is 9.06. The van der Waals surface area contributed by atoms with Gasteiger partial charge >= 0.3 is 11.9 Å². The lowest BCUT2D eigenvalue weighted by atomic mass is 9.43. The van der Waals surface area contributed by atoms with Crippen LogP contribution in [0.25, 0.3) is 0 Å². The molecule has 0 amide bonds. The Balaban J connectivity index is 1.51. The van der Waals surface area contributed by atoms with E-state index in [9.17, 15) is 19.5 Å². The number of fused-ring (bicyclic) bond motifs is 7. The van der Waals surface area contributed by atoms with Crippen LogP contribution in [0, 0.1) is 46.3 Å². The Labute approximate surface area is 196 Å². The number of hydrogen-bond donors (Lipinski definition) is 1. The SMILES string of the molecule is CCOC(=O)CC[C@]1(O)[C@H]2C[C@H]2[C@H]2[C@@H]3[C@H](C(=O)OC)CC4=CC(=O)CC[C@]4(C)[C@H]3CC[C@@]21C. The first-order valence-corrected chi connectivity index (χ1v) is 12.8. The van der Waals surface area contributed by atoms with Crippen LogP contribution in [0.4, 0.5) is 0 Å². The van der Waals surface area contributed by atoms with Crippen molar-refractivity contribution in [1.29, 1.82) is 0 Å². The molecular formula is C27H38O6. The van der Waals surface area contributed by atoms with Gasteiger partial charge in [-0.05, 0) is 86.5 Å². The van der Waals surface area contributed by atoms with Gasteiger partial charge in [0.2, 0.25) is 0 Å². The molecule has 0 radical (unpaired) electrons. The predicted molar refractivity (Wildman–Crippen MR) is 121 cm³/mol. The van der Waals surface area contributed by atoms with Crippen LogP contribution in [0.3, 0.4) is 0 Å². The molecule has 4 saturated carbocycles. The largest absolute Gasteiger partial charge is 0.469 e. The van der Waals surface area contributed by atoms with Crippen molar-refractivity contribution >= 4 is 17.7 Å². The average molecular weight is 459 g/mol. The second-order valence-corrected chi connectivity index (χ2v) is 11.8. The fraction of sp³-hybridized carbons (Fsp3) is 0.815. The van der Waals surface area contributed by atoms with E-state index in [0.717, 1.165) is 31.3 Å². The van der Waals surface area contributed by atoms with E-state index in [4.69, 9.17) is 9.47 Å². The molecule has 5 aliphatic carbocycles. The van der Waals surface area contributed by atoms with Gasteiger partial charge in [-0.1, -0.05) is 19.4 Å². The molecule has 5 aliphatic rings. The summed E-state index contributed by atoms with van der Waals surface area (Å²) in [6, 6.07) is 0. The number of esters is 2. The highest BCUT2D eigenvalue weighted by Crippen LogP contribution is 2.78. The van der Waals surface area contributed by atoms with Crippen molar-refractivity contribution < 1.29 is 29.0 Å². The minimum atomic E-state index is -0.902. The fourth-order valence-electron chi connectivity index (χ4n) is 9.06. The van der Waals surface area contributed by atoms with Gasteiger partial charge in [-0.15, -0.1) is 0 Å². The lowest BCUT2D eigenvalue weighted by molar-refractivity contribution is -0.178. The third-order valence-corrected chi connectivity index (χ3v) is 10.7. The molecule has 5 rings (SSSR count). The van der Waals surface area contributed by atoms with Crippen molar-refractivity contribution in [3.63, 3.8) is 0 Å². The molecule has 9 atom stereocenters. The number of ether oxygens (including phenoxy) is 2. The van der Waals surface area contributed by atoms with Gasteiger partial charge in [0.15, 0.2) is 5.78 Å². The average Bonchev–Trinajstić information content (AvgIpc) is 3.54. The number of hydrogen-bond acceptors (Lipinski definition) is 6. The standard InChI is InChI=1S/C27H38O6/c1-5-33-21(29)8-11-27(31)20-14-17(20)23-22-18(24(30)32-4)13-15-12-16(28)6-9-25(15,2)19(22)7-10-26(23,27)3/h12,17-20,22-23,31H,5-11,13-14H2,1-4H3/t17-,18-,19+,20+,22-,23+,25+,26+,27+/m1/s1. The molecule has 6 heteroatoms. The summed E-state index contributed by atoms with van der Waals surface area (Å²) < 4.78 is 10.4. The van der Waals surface area contributed by atoms with Gasteiger partial charge in [0.05, 0.1) is 25.2 Å². The van der Waals surface area contributed by atoms with Gasteiger partial charge in [-0.25, -0.2) is 0 Å². The highest BCUT2D eigenvalue weighted by molar-refractivity contribution is 5.92. The minimum absolute atomic E-state index is 0.0690. The van der Waals surface area contributed by atoms with Gasteiger partial charge in [0.1, 0.15) is 0 Å². The zero-order valence-electron chi connectivity index (χ0n) is 20.4. The summed E-state index contributed by atoms with van der Waals surface area (Å²) in [4.78, 5) is 37.5. The molecule has 0 bridgehead atoms. The number of carbonyl (C=O) groups excluding carboxylic acids is 3. The van der Waals surface area contributed by atoms with Gasteiger partial charge in [0.25, 0.3) is 0 Å². The maximum atomic E-state index is 13.1. The van der Waals surface area contributed by atoms with Gasteiger partial charge in [-0.2, -0.15) is 0 Å². The van der Waals surface area contributed by atoms with Gasteiger partial charge < -0.3 is 14.6 Å². The third-order valence-electron chi connectivity index (χ3n) is 10.7. The molecule has 1 N–H and O–H groups in total. The van der Waals surface area contributed by atoms with Crippen LogP contribution in [0.15, 0.2) is 11.6 Å². The first-order chi connectivity index (χ1) is 15.6. The quantitative estimate of drug-likeness (QED) is 0.630. The van der Waals surface area contributed by atoms with E-state index >= 15 is 0 Å². The first-order valence-electron chi connectivity index (χ1n) is 12.8. The molecule has 33 heavy (non-hydrogen) atoms. The molecule has 4 fully saturated rings. The summed E-state index contributed by atoms with van der Waals surface area (Å²) in [7, 11) is 1.46. The number of methoxy groups -OCH3 is 1. The maximum absolute atomic E-state index is 13.1. The molecule has 0 saturated heterocycles. The molecular weight excluding hydrogens is 420 g/mol. The van der Waals surface area contributed by atoms with E-state index in [2.05, 4.69) is 13.8 Å². The third kappa shape index (κ3) is 3.11. The second kappa shape index (κ2) is 7.66. The molecule has 0 heterocycles. The lowest BCUT2D eigenvalue weighted by Crippen LogP contribution is -2.59. The van der Waals surface area contributed by atoms with E-state index in [1.165, 1.54) is 7.11 Å². The number of allylic oxidation sites excluding steroid dienone is 1. The number of aliphatic hydroxyl groups is 1. The van der Waals surface area contributed by atoms with Crippen molar-refractivity contribution in [3.8, 4) is 0 Å². The van der Waals surface area contributed by atoms with E-state index in [-0.39, 0.29) is 58.6 Å². The van der Waals surface area contributed by atoms with E-state index in [0.29, 0.717) is 37.7 Å². The molecule has 182 valence electrons. The summed E-state index contributed by atoms with van der Waals surface area (Å²) in [5.41, 5.74) is -0.175. The van der Waals surface area contributed by atoms with E-state index in [1.54, 1.807) is 6.92 Å². The Morgan fingerprint density at radius 2 is 1.97 bits per heavy atom. The highest BCUT2D eigenvalue weighted by atomic mass is 16.5. The first kappa shape index (κ1) is 23.1. The van der Waals surface area contributed by atoms with Crippen LogP contribution in [-0.4, -0.2) is 42.1 Å². The van der Waals surface area contributed by atoms with Crippen LogP contribution in [-0.2, 0) is 23.9 Å². The second-order valence-electron chi connectivity index (χ2n) is 11.8. The van der Waals surface area contributed by atoms with Crippen LogP contribution in [0.1, 0.15) is 72.1 Å². The Kier molecular flexibility index (Phi) is 5.35. The molecule has 0 aromatic heterocycles. The molecule has 0 aromatic rings. The molecule has 0 aliphatic heterocycles. The Bertz CT molecular complexity index is 908. The summed E-state index contributed by atoms with van der Waals surface area (Å²) in [6.45, 7) is 6.66. The zero-order chi connectivity index (χ0) is 23.8. The van der Waals surface area contributed by atoms with Crippen LogP contribution in [0.2, 0.25) is 0 Å². The molecule has 0 unspecified atom stereocenters. The maximum Gasteiger partial charge on any atom is 0.309 e. The zero-order valence-corrected chi connectivity index (χ0v) is 20.4. The van der Waals surface area contributed by atoms with Crippen molar-refractivity contribution in [2.24, 2.45) is 46.3 Å². The Morgan fingerprint density at radius 1 is 1.21 bits per heavy atom. The molecule has 0 aromatic carbocycles. The number of rotatable bonds is 5. The molecule has 0 spiro atoms. The number of ketones is 1. The summed E-state index contributed by atoms with van der Waals surface area (Å²) in [5.74, 6) is 0.717. The van der Waals surface area contributed by atoms with Gasteiger partial charge in [-0.3, -0.25) is 14.4 Å². The van der Waals surface area contributed by atoms with Crippen molar-refractivity contribution in [1.82, 2.24) is 0 Å². The van der Waals surface area contributed by atoms with E-state index < -0.39 is 5.60 Å². The van der Waals surface area contributed by atoms with Crippen molar-refractivity contribution in [3.05, 3.63) is 11.6 Å². The smallest absolute Gasteiger partial charge is 0.309 e. The minimum Gasteiger partial charge on any atom is -0.469 e.